The van der Waals surface area contributed by atoms with Crippen LogP contribution in [0.1, 0.15) is 32.1 Å². The number of hydrogen-bond donors (Lipinski definition) is 1. The van der Waals surface area contributed by atoms with E-state index in [0.717, 1.165) is 12.8 Å². The van der Waals surface area contributed by atoms with Gasteiger partial charge in [0.15, 0.2) is 0 Å². The number of rotatable bonds is 3. The zero-order valence-corrected chi connectivity index (χ0v) is 7.34. The Morgan fingerprint density at radius 3 is 2.75 bits per heavy atom. The predicted molar refractivity (Wildman–Crippen MR) is 46.7 cm³/mol. The van der Waals surface area contributed by atoms with Gasteiger partial charge in [0.2, 0.25) is 0 Å². The van der Waals surface area contributed by atoms with E-state index in [4.69, 9.17) is 4.74 Å². The van der Waals surface area contributed by atoms with E-state index >= 15 is 0 Å². The fraction of sp³-hybridized carbons (Fsp3) is 0.778. The van der Waals surface area contributed by atoms with Crippen LogP contribution < -0.4 is 5.32 Å². The van der Waals surface area contributed by atoms with Crippen molar-refractivity contribution in [3.05, 3.63) is 6.92 Å². The maximum atomic E-state index is 11.0. The molecule has 0 spiro atoms. The summed E-state index contributed by atoms with van der Waals surface area (Å²) >= 11 is 0. The van der Waals surface area contributed by atoms with Crippen LogP contribution in [0.15, 0.2) is 0 Å². The Morgan fingerprint density at radius 2 is 2.17 bits per heavy atom. The number of carbonyl (C=O) groups excluding carboxylic acids is 1. The molecule has 1 aliphatic carbocycles. The third-order valence-corrected chi connectivity index (χ3v) is 2.02. The van der Waals surface area contributed by atoms with Gasteiger partial charge in [0, 0.05) is 6.54 Å². The topological polar surface area (TPSA) is 38.3 Å². The highest BCUT2D eigenvalue weighted by atomic mass is 16.6. The molecule has 0 saturated heterocycles. The van der Waals surface area contributed by atoms with E-state index in [1.165, 1.54) is 12.8 Å². The van der Waals surface area contributed by atoms with E-state index in [-0.39, 0.29) is 12.2 Å². The molecule has 3 heteroatoms. The maximum Gasteiger partial charge on any atom is 0.407 e. The Kier molecular flexibility index (Phi) is 3.91. The monoisotopic (exact) mass is 170 g/mol. The first-order chi connectivity index (χ1) is 5.83. The van der Waals surface area contributed by atoms with Crippen molar-refractivity contribution in [2.45, 2.75) is 38.2 Å². The van der Waals surface area contributed by atoms with Crippen LogP contribution in [-0.2, 0) is 4.74 Å². The summed E-state index contributed by atoms with van der Waals surface area (Å²) in [5, 5.41) is 2.64. The van der Waals surface area contributed by atoms with Crippen molar-refractivity contribution >= 4 is 6.09 Å². The van der Waals surface area contributed by atoms with Crippen molar-refractivity contribution < 1.29 is 9.53 Å². The second-order valence-electron chi connectivity index (χ2n) is 3.09. The second kappa shape index (κ2) is 5.01. The summed E-state index contributed by atoms with van der Waals surface area (Å²) in [6.45, 7) is 4.22. The molecule has 1 rings (SSSR count). The van der Waals surface area contributed by atoms with Gasteiger partial charge in [-0.25, -0.2) is 4.79 Å². The molecule has 0 aromatic heterocycles. The lowest BCUT2D eigenvalue weighted by Gasteiger charge is -2.11. The normalized spacial score (nSPS) is 17.8. The molecular weight excluding hydrogens is 154 g/mol. The van der Waals surface area contributed by atoms with Crippen molar-refractivity contribution in [2.75, 3.05) is 6.54 Å². The van der Waals surface area contributed by atoms with Gasteiger partial charge >= 0.3 is 6.09 Å². The lowest BCUT2D eigenvalue weighted by Crippen LogP contribution is -2.28. The Balaban J connectivity index is 2.08. The SMILES string of the molecule is [CH2]CCNC(=O)OC1CCCC1. The fourth-order valence-electron chi connectivity index (χ4n) is 1.39. The lowest BCUT2D eigenvalue weighted by atomic mass is 10.3. The van der Waals surface area contributed by atoms with Crippen molar-refractivity contribution in [1.29, 1.82) is 0 Å². The van der Waals surface area contributed by atoms with Gasteiger partial charge in [-0.2, -0.15) is 0 Å². The van der Waals surface area contributed by atoms with E-state index in [9.17, 15) is 4.79 Å². The fourth-order valence-corrected chi connectivity index (χ4v) is 1.39. The molecule has 1 saturated carbocycles. The Morgan fingerprint density at radius 1 is 1.50 bits per heavy atom. The van der Waals surface area contributed by atoms with Crippen LogP contribution in [-0.4, -0.2) is 18.7 Å². The van der Waals surface area contributed by atoms with Crippen LogP contribution in [0, 0.1) is 6.92 Å². The molecule has 3 nitrogen and oxygen atoms in total. The Labute approximate surface area is 73.5 Å². The highest BCUT2D eigenvalue weighted by Crippen LogP contribution is 2.20. The molecule has 1 radical (unpaired) electrons. The summed E-state index contributed by atoms with van der Waals surface area (Å²) in [6, 6.07) is 0. The minimum atomic E-state index is -0.287. The summed E-state index contributed by atoms with van der Waals surface area (Å²) in [6.07, 6.45) is 5.01. The van der Waals surface area contributed by atoms with Crippen molar-refractivity contribution in [3.63, 3.8) is 0 Å². The lowest BCUT2D eigenvalue weighted by molar-refractivity contribution is 0.101. The summed E-state index contributed by atoms with van der Waals surface area (Å²) in [7, 11) is 0. The first-order valence-electron chi connectivity index (χ1n) is 4.56. The van der Waals surface area contributed by atoms with Crippen LogP contribution in [0.25, 0.3) is 0 Å². The average Bonchev–Trinajstić information content (AvgIpc) is 2.53. The number of alkyl carbamates (subject to hydrolysis) is 1. The van der Waals surface area contributed by atoms with Gasteiger partial charge < -0.3 is 10.1 Å². The summed E-state index contributed by atoms with van der Waals surface area (Å²) < 4.78 is 5.14. The maximum absolute atomic E-state index is 11.0. The molecule has 0 heterocycles. The molecule has 0 unspecified atom stereocenters. The molecular formula is C9H16NO2. The van der Waals surface area contributed by atoms with Gasteiger partial charge in [-0.1, -0.05) is 6.92 Å². The quantitative estimate of drug-likeness (QED) is 0.702. The molecule has 1 N–H and O–H groups in total. The number of amides is 1. The summed E-state index contributed by atoms with van der Waals surface area (Å²) in [5.41, 5.74) is 0. The van der Waals surface area contributed by atoms with E-state index in [1.54, 1.807) is 0 Å². The van der Waals surface area contributed by atoms with Gasteiger partial charge in [-0.3, -0.25) is 0 Å². The van der Waals surface area contributed by atoms with Crippen molar-refractivity contribution in [3.8, 4) is 0 Å². The Hall–Kier alpha value is -0.730. The average molecular weight is 170 g/mol. The highest BCUT2D eigenvalue weighted by Gasteiger charge is 2.18. The van der Waals surface area contributed by atoms with E-state index in [1.807, 2.05) is 0 Å². The molecule has 0 aromatic carbocycles. The molecule has 69 valence electrons. The molecule has 1 fully saturated rings. The molecule has 0 atom stereocenters. The first kappa shape index (κ1) is 9.36. The van der Waals surface area contributed by atoms with E-state index < -0.39 is 0 Å². The summed E-state index contributed by atoms with van der Waals surface area (Å²) in [5.74, 6) is 0. The van der Waals surface area contributed by atoms with Crippen LogP contribution >= 0.6 is 0 Å². The highest BCUT2D eigenvalue weighted by molar-refractivity contribution is 5.67. The minimum Gasteiger partial charge on any atom is -0.446 e. The number of nitrogens with one attached hydrogen (secondary N) is 1. The molecule has 1 aliphatic rings. The number of hydrogen-bond acceptors (Lipinski definition) is 2. The van der Waals surface area contributed by atoms with Crippen LogP contribution in [0.4, 0.5) is 4.79 Å². The molecule has 0 aromatic rings. The third-order valence-electron chi connectivity index (χ3n) is 2.02. The largest absolute Gasteiger partial charge is 0.446 e. The van der Waals surface area contributed by atoms with Gasteiger partial charge in [-0.15, -0.1) is 0 Å². The van der Waals surface area contributed by atoms with Crippen molar-refractivity contribution in [2.24, 2.45) is 0 Å². The first-order valence-corrected chi connectivity index (χ1v) is 4.56. The van der Waals surface area contributed by atoms with Crippen LogP contribution in [0.2, 0.25) is 0 Å². The molecule has 1 amide bonds. The van der Waals surface area contributed by atoms with Crippen molar-refractivity contribution in [1.82, 2.24) is 5.32 Å². The zero-order chi connectivity index (χ0) is 8.81. The smallest absolute Gasteiger partial charge is 0.407 e. The van der Waals surface area contributed by atoms with Gasteiger partial charge in [0.1, 0.15) is 6.10 Å². The van der Waals surface area contributed by atoms with Gasteiger partial charge in [0.25, 0.3) is 0 Å². The number of ether oxygens (including phenoxy) is 1. The van der Waals surface area contributed by atoms with Crippen LogP contribution in [0.5, 0.6) is 0 Å². The predicted octanol–water partition coefficient (Wildman–Crippen LogP) is 1.88. The van der Waals surface area contributed by atoms with E-state index in [0.29, 0.717) is 13.0 Å². The second-order valence-corrected chi connectivity index (χ2v) is 3.09. The minimum absolute atomic E-state index is 0.162. The Bertz CT molecular complexity index is 141. The summed E-state index contributed by atoms with van der Waals surface area (Å²) in [4.78, 5) is 11.0. The van der Waals surface area contributed by atoms with E-state index in [2.05, 4.69) is 12.2 Å². The van der Waals surface area contributed by atoms with Gasteiger partial charge in [0.05, 0.1) is 0 Å². The van der Waals surface area contributed by atoms with Crippen LogP contribution in [0.3, 0.4) is 0 Å². The zero-order valence-electron chi connectivity index (χ0n) is 7.34. The molecule has 12 heavy (non-hydrogen) atoms. The standard InChI is InChI=1S/C9H16NO2/c1-2-7-10-9(11)12-8-5-3-4-6-8/h8H,1-7H2,(H,10,11). The van der Waals surface area contributed by atoms with Gasteiger partial charge in [-0.05, 0) is 32.1 Å². The third kappa shape index (κ3) is 3.11. The number of carbonyl (C=O) groups is 1. The molecule has 0 bridgehead atoms. The molecule has 0 aliphatic heterocycles.